The van der Waals surface area contributed by atoms with Crippen molar-refractivity contribution in [1.82, 2.24) is 4.98 Å². The Kier molecular flexibility index (Phi) is 3.75. The van der Waals surface area contributed by atoms with Gasteiger partial charge in [-0.2, -0.15) is 0 Å². The van der Waals surface area contributed by atoms with Crippen LogP contribution < -0.4 is 5.73 Å². The topological polar surface area (TPSA) is 38.9 Å². The summed E-state index contributed by atoms with van der Waals surface area (Å²) < 4.78 is 0. The van der Waals surface area contributed by atoms with Gasteiger partial charge < -0.3 is 5.73 Å². The van der Waals surface area contributed by atoms with Crippen molar-refractivity contribution in [2.24, 2.45) is 17.6 Å². The third kappa shape index (κ3) is 2.45. The number of fused-ring (bicyclic) bond motifs is 1. The Balaban J connectivity index is 2.00. The van der Waals surface area contributed by atoms with Crippen molar-refractivity contribution < 1.29 is 0 Å². The lowest BCUT2D eigenvalue weighted by molar-refractivity contribution is 0.233. The summed E-state index contributed by atoms with van der Waals surface area (Å²) in [7, 11) is 0. The number of rotatable bonds is 2. The summed E-state index contributed by atoms with van der Waals surface area (Å²) in [5, 5.41) is 2.55. The largest absolute Gasteiger partial charge is 0.327 e. The van der Waals surface area contributed by atoms with Crippen LogP contribution in [-0.4, -0.2) is 11.0 Å². The number of aromatic nitrogens is 1. The van der Waals surface area contributed by atoms with E-state index in [1.165, 1.54) is 29.2 Å². The molecule has 3 atom stereocenters. The van der Waals surface area contributed by atoms with Crippen LogP contribution in [0.1, 0.15) is 44.6 Å². The highest BCUT2D eigenvalue weighted by Gasteiger charge is 2.31. The van der Waals surface area contributed by atoms with Crippen LogP contribution in [0.4, 0.5) is 0 Å². The van der Waals surface area contributed by atoms with Gasteiger partial charge in [0.1, 0.15) is 0 Å². The third-order valence-electron chi connectivity index (χ3n) is 5.00. The quantitative estimate of drug-likeness (QED) is 0.890. The van der Waals surface area contributed by atoms with Gasteiger partial charge in [0.2, 0.25) is 0 Å². The summed E-state index contributed by atoms with van der Waals surface area (Å²) in [6.07, 6.45) is 7.49. The van der Waals surface area contributed by atoms with Gasteiger partial charge in [0.05, 0.1) is 0 Å². The van der Waals surface area contributed by atoms with Crippen LogP contribution in [0.3, 0.4) is 0 Å². The molecule has 1 heterocycles. The summed E-state index contributed by atoms with van der Waals surface area (Å²) in [6, 6.07) is 8.97. The van der Waals surface area contributed by atoms with E-state index in [4.69, 9.17) is 5.73 Å². The summed E-state index contributed by atoms with van der Waals surface area (Å²) in [5.74, 6) is 2.04. The fraction of sp³-hybridized carbons (Fsp3) is 0.500. The van der Waals surface area contributed by atoms with Gasteiger partial charge in [0.25, 0.3) is 0 Å². The SMILES string of the molecule is CC(C)C1CCC(N)C(c2cccc3cnccc23)C1. The zero-order chi connectivity index (χ0) is 14.1. The summed E-state index contributed by atoms with van der Waals surface area (Å²) in [5.41, 5.74) is 7.87. The van der Waals surface area contributed by atoms with Crippen molar-refractivity contribution in [2.45, 2.75) is 45.1 Å². The summed E-state index contributed by atoms with van der Waals surface area (Å²) >= 11 is 0. The number of nitrogens with zero attached hydrogens (tertiary/aromatic N) is 1. The summed E-state index contributed by atoms with van der Waals surface area (Å²) in [6.45, 7) is 4.68. The molecule has 1 aliphatic carbocycles. The molecule has 3 unspecified atom stereocenters. The zero-order valence-corrected chi connectivity index (χ0v) is 12.4. The van der Waals surface area contributed by atoms with Crippen LogP contribution in [-0.2, 0) is 0 Å². The molecule has 0 radical (unpaired) electrons. The highest BCUT2D eigenvalue weighted by molar-refractivity contribution is 5.85. The van der Waals surface area contributed by atoms with Crippen molar-refractivity contribution in [2.75, 3.05) is 0 Å². The van der Waals surface area contributed by atoms with Crippen molar-refractivity contribution in [3.63, 3.8) is 0 Å². The van der Waals surface area contributed by atoms with Gasteiger partial charge in [-0.3, -0.25) is 4.98 Å². The standard InChI is InChI=1S/C18H24N2/c1-12(2)13-6-7-18(19)17(10-13)16-5-3-4-14-11-20-9-8-15(14)16/h3-5,8-9,11-13,17-18H,6-7,10,19H2,1-2H3. The first-order valence-electron chi connectivity index (χ1n) is 7.75. The predicted octanol–water partition coefficient (Wildman–Crippen LogP) is 4.10. The monoisotopic (exact) mass is 268 g/mol. The lowest BCUT2D eigenvalue weighted by Gasteiger charge is -2.36. The Morgan fingerprint density at radius 2 is 2.05 bits per heavy atom. The minimum atomic E-state index is 0.295. The Morgan fingerprint density at radius 3 is 2.85 bits per heavy atom. The number of pyridine rings is 1. The second kappa shape index (κ2) is 5.53. The lowest BCUT2D eigenvalue weighted by atomic mass is 9.71. The molecule has 1 fully saturated rings. The molecule has 2 aromatic rings. The van der Waals surface area contributed by atoms with E-state index in [0.717, 1.165) is 18.3 Å². The van der Waals surface area contributed by atoms with Gasteiger partial charge in [-0.1, -0.05) is 32.0 Å². The second-order valence-electron chi connectivity index (χ2n) is 6.53. The average molecular weight is 268 g/mol. The fourth-order valence-electron chi connectivity index (χ4n) is 3.66. The molecule has 0 aliphatic heterocycles. The van der Waals surface area contributed by atoms with E-state index >= 15 is 0 Å². The minimum Gasteiger partial charge on any atom is -0.327 e. The van der Waals surface area contributed by atoms with Crippen molar-refractivity contribution >= 4 is 10.8 Å². The minimum absolute atomic E-state index is 0.295. The Hall–Kier alpha value is -1.41. The van der Waals surface area contributed by atoms with Crippen molar-refractivity contribution in [1.29, 1.82) is 0 Å². The number of benzene rings is 1. The maximum atomic E-state index is 6.45. The Morgan fingerprint density at radius 1 is 1.20 bits per heavy atom. The number of nitrogens with two attached hydrogens (primary N) is 1. The molecule has 2 heteroatoms. The van der Waals surface area contributed by atoms with Crippen molar-refractivity contribution in [3.05, 3.63) is 42.2 Å². The van der Waals surface area contributed by atoms with Gasteiger partial charge in [-0.15, -0.1) is 0 Å². The van der Waals surface area contributed by atoms with Gasteiger partial charge in [-0.05, 0) is 54.0 Å². The maximum Gasteiger partial charge on any atom is 0.0346 e. The number of hydrogen-bond acceptors (Lipinski definition) is 2. The van der Waals surface area contributed by atoms with E-state index in [1.54, 1.807) is 0 Å². The molecule has 2 nitrogen and oxygen atoms in total. The van der Waals surface area contributed by atoms with Crippen LogP contribution in [0, 0.1) is 11.8 Å². The third-order valence-corrected chi connectivity index (χ3v) is 5.00. The Bertz CT molecular complexity index is 585. The smallest absolute Gasteiger partial charge is 0.0346 e. The van der Waals surface area contributed by atoms with Crippen LogP contribution >= 0.6 is 0 Å². The first-order chi connectivity index (χ1) is 9.66. The van der Waals surface area contributed by atoms with Gasteiger partial charge in [0, 0.05) is 23.8 Å². The zero-order valence-electron chi connectivity index (χ0n) is 12.4. The molecule has 1 aromatic heterocycles. The molecule has 0 amide bonds. The van der Waals surface area contributed by atoms with Crippen LogP contribution in [0.15, 0.2) is 36.7 Å². The molecule has 2 N–H and O–H groups in total. The Labute approximate surface area is 121 Å². The van der Waals surface area contributed by atoms with Crippen molar-refractivity contribution in [3.8, 4) is 0 Å². The first-order valence-corrected chi connectivity index (χ1v) is 7.75. The van der Waals surface area contributed by atoms with E-state index in [9.17, 15) is 0 Å². The van der Waals surface area contributed by atoms with Gasteiger partial charge in [0.15, 0.2) is 0 Å². The molecule has 1 saturated carbocycles. The average Bonchev–Trinajstić information content (AvgIpc) is 2.47. The van der Waals surface area contributed by atoms with E-state index in [1.807, 2.05) is 12.4 Å². The van der Waals surface area contributed by atoms with Crippen LogP contribution in [0.5, 0.6) is 0 Å². The van der Waals surface area contributed by atoms with E-state index < -0.39 is 0 Å². The molecule has 106 valence electrons. The molecular formula is C18H24N2. The molecule has 0 bridgehead atoms. The molecule has 0 saturated heterocycles. The first kappa shape index (κ1) is 13.6. The molecule has 3 rings (SSSR count). The second-order valence-corrected chi connectivity index (χ2v) is 6.53. The fourth-order valence-corrected chi connectivity index (χ4v) is 3.66. The number of hydrogen-bond donors (Lipinski definition) is 1. The normalized spacial score (nSPS) is 27.1. The van der Waals surface area contributed by atoms with E-state index in [2.05, 4.69) is 43.1 Å². The highest BCUT2D eigenvalue weighted by Crippen LogP contribution is 2.40. The highest BCUT2D eigenvalue weighted by atomic mass is 14.7. The van der Waals surface area contributed by atoms with Crippen LogP contribution in [0.25, 0.3) is 10.8 Å². The van der Waals surface area contributed by atoms with Gasteiger partial charge >= 0.3 is 0 Å². The molecular weight excluding hydrogens is 244 g/mol. The molecule has 20 heavy (non-hydrogen) atoms. The maximum absolute atomic E-state index is 6.45. The van der Waals surface area contributed by atoms with E-state index in [0.29, 0.717) is 12.0 Å². The molecule has 1 aliphatic rings. The van der Waals surface area contributed by atoms with Crippen LogP contribution in [0.2, 0.25) is 0 Å². The summed E-state index contributed by atoms with van der Waals surface area (Å²) in [4.78, 5) is 4.23. The van der Waals surface area contributed by atoms with E-state index in [-0.39, 0.29) is 0 Å². The lowest BCUT2D eigenvalue weighted by Crippen LogP contribution is -2.36. The molecule has 1 aromatic carbocycles. The van der Waals surface area contributed by atoms with Gasteiger partial charge in [-0.25, -0.2) is 0 Å². The predicted molar refractivity (Wildman–Crippen MR) is 84.6 cm³/mol. The molecule has 0 spiro atoms.